The molecule has 0 heterocycles. The highest BCUT2D eigenvalue weighted by Crippen LogP contribution is 2.25. The molecule has 0 spiro atoms. The maximum Gasteiger partial charge on any atom is 0.137 e. The van der Waals surface area contributed by atoms with Gasteiger partial charge in [-0.05, 0) is 35.9 Å². The van der Waals surface area contributed by atoms with Crippen molar-refractivity contribution in [2.45, 2.75) is 11.9 Å². The Kier molecular flexibility index (Phi) is 5.18. The van der Waals surface area contributed by atoms with Crippen LogP contribution in [0.4, 0.5) is 4.39 Å². The third-order valence-electron chi connectivity index (χ3n) is 2.95. The van der Waals surface area contributed by atoms with Crippen molar-refractivity contribution in [3.05, 3.63) is 58.9 Å². The zero-order chi connectivity index (χ0) is 15.2. The molecule has 0 radical (unpaired) electrons. The summed E-state index contributed by atoms with van der Waals surface area (Å²) in [6, 6.07) is 11.7. The number of alkyl halides is 1. The normalized spacial score (nSPS) is 10.0. The van der Waals surface area contributed by atoms with Gasteiger partial charge in [-0.1, -0.05) is 22.0 Å². The Morgan fingerprint density at radius 1 is 1.19 bits per heavy atom. The van der Waals surface area contributed by atoms with E-state index in [0.29, 0.717) is 29.0 Å². The molecule has 0 aliphatic carbocycles. The number of nitrogens with zero attached hydrogens (tertiary/aromatic N) is 1. The van der Waals surface area contributed by atoms with E-state index in [1.54, 1.807) is 24.3 Å². The maximum atomic E-state index is 13.2. The van der Waals surface area contributed by atoms with Crippen LogP contribution < -0.4 is 9.47 Å². The molecule has 2 aromatic carbocycles. The average molecular weight is 350 g/mol. The van der Waals surface area contributed by atoms with Crippen LogP contribution in [0, 0.1) is 17.1 Å². The van der Waals surface area contributed by atoms with Gasteiger partial charge in [0.15, 0.2) is 0 Å². The number of methoxy groups -OCH3 is 1. The van der Waals surface area contributed by atoms with Gasteiger partial charge in [-0.15, -0.1) is 0 Å². The van der Waals surface area contributed by atoms with E-state index in [1.807, 2.05) is 0 Å². The van der Waals surface area contributed by atoms with Crippen LogP contribution in [0.5, 0.6) is 11.5 Å². The third-order valence-corrected chi connectivity index (χ3v) is 3.55. The minimum absolute atomic E-state index is 0.295. The van der Waals surface area contributed by atoms with Crippen LogP contribution in [-0.4, -0.2) is 7.11 Å². The van der Waals surface area contributed by atoms with Gasteiger partial charge in [-0.2, -0.15) is 5.26 Å². The molecule has 0 unspecified atom stereocenters. The molecule has 5 heteroatoms. The summed E-state index contributed by atoms with van der Waals surface area (Å²) in [7, 11) is 1.52. The lowest BCUT2D eigenvalue weighted by Gasteiger charge is -2.11. The Bertz CT molecular complexity index is 682. The summed E-state index contributed by atoms with van der Waals surface area (Å²) in [4.78, 5) is 0. The topological polar surface area (TPSA) is 42.2 Å². The maximum absolute atomic E-state index is 13.2. The van der Waals surface area contributed by atoms with Crippen molar-refractivity contribution in [2.75, 3.05) is 7.11 Å². The number of rotatable bonds is 5. The second-order valence-corrected chi connectivity index (χ2v) is 4.88. The highest BCUT2D eigenvalue weighted by Gasteiger charge is 2.07. The molecule has 108 valence electrons. The predicted octanol–water partition coefficient (Wildman–Crippen LogP) is 4.18. The Morgan fingerprint density at radius 3 is 2.67 bits per heavy atom. The Balaban J connectivity index is 2.15. The van der Waals surface area contributed by atoms with Gasteiger partial charge in [0, 0.05) is 10.9 Å². The fourth-order valence-electron chi connectivity index (χ4n) is 1.87. The molecule has 2 rings (SSSR count). The number of hydrogen-bond donors (Lipinski definition) is 0. The Labute approximate surface area is 131 Å². The standard InChI is InChI=1S/C16H13BrFNO2/c1-20-16-6-11(2-3-12(16)9-19)10-21-15-5-4-14(18)7-13(15)8-17/h2-7H,8,10H2,1H3. The van der Waals surface area contributed by atoms with E-state index in [4.69, 9.17) is 14.7 Å². The lowest BCUT2D eigenvalue weighted by atomic mass is 10.1. The fraction of sp³-hybridized carbons (Fsp3) is 0.188. The number of benzene rings is 2. The molecule has 0 aromatic heterocycles. The highest BCUT2D eigenvalue weighted by molar-refractivity contribution is 9.08. The van der Waals surface area contributed by atoms with Crippen LogP contribution in [0.1, 0.15) is 16.7 Å². The second kappa shape index (κ2) is 7.09. The number of hydrogen-bond acceptors (Lipinski definition) is 3. The predicted molar refractivity (Wildman–Crippen MR) is 81.1 cm³/mol. The van der Waals surface area contributed by atoms with Crippen LogP contribution in [0.15, 0.2) is 36.4 Å². The Morgan fingerprint density at radius 2 is 2.00 bits per heavy atom. The summed E-state index contributed by atoms with van der Waals surface area (Å²) >= 11 is 3.31. The first-order chi connectivity index (χ1) is 10.2. The molecule has 0 amide bonds. The lowest BCUT2D eigenvalue weighted by Crippen LogP contribution is -1.99. The summed E-state index contributed by atoms with van der Waals surface area (Å²) in [5.41, 5.74) is 2.09. The van der Waals surface area contributed by atoms with Crippen LogP contribution in [0.2, 0.25) is 0 Å². The molecule has 0 fully saturated rings. The molecule has 2 aromatic rings. The minimum atomic E-state index is -0.295. The number of ether oxygens (including phenoxy) is 2. The van der Waals surface area contributed by atoms with Crippen molar-refractivity contribution >= 4 is 15.9 Å². The van der Waals surface area contributed by atoms with E-state index in [9.17, 15) is 4.39 Å². The zero-order valence-electron chi connectivity index (χ0n) is 11.4. The van der Waals surface area contributed by atoms with Crippen molar-refractivity contribution in [3.63, 3.8) is 0 Å². The van der Waals surface area contributed by atoms with E-state index in [0.717, 1.165) is 11.1 Å². The molecular weight excluding hydrogens is 337 g/mol. The molecule has 0 aliphatic heterocycles. The minimum Gasteiger partial charge on any atom is -0.495 e. The fourth-order valence-corrected chi connectivity index (χ4v) is 2.31. The van der Waals surface area contributed by atoms with Gasteiger partial charge in [0.2, 0.25) is 0 Å². The lowest BCUT2D eigenvalue weighted by molar-refractivity contribution is 0.302. The van der Waals surface area contributed by atoms with Crippen LogP contribution in [-0.2, 0) is 11.9 Å². The van der Waals surface area contributed by atoms with Crippen LogP contribution in [0.3, 0.4) is 0 Å². The molecule has 21 heavy (non-hydrogen) atoms. The number of halogens is 2. The van der Waals surface area contributed by atoms with Gasteiger partial charge in [0.25, 0.3) is 0 Å². The van der Waals surface area contributed by atoms with E-state index in [2.05, 4.69) is 22.0 Å². The molecule has 0 saturated carbocycles. The molecule has 0 aliphatic rings. The van der Waals surface area contributed by atoms with E-state index >= 15 is 0 Å². The summed E-state index contributed by atoms with van der Waals surface area (Å²) < 4.78 is 24.0. The van der Waals surface area contributed by atoms with Crippen molar-refractivity contribution in [2.24, 2.45) is 0 Å². The highest BCUT2D eigenvalue weighted by atomic mass is 79.9. The zero-order valence-corrected chi connectivity index (χ0v) is 13.0. The largest absolute Gasteiger partial charge is 0.495 e. The monoisotopic (exact) mass is 349 g/mol. The molecular formula is C16H13BrFNO2. The number of nitriles is 1. The molecule has 0 atom stereocenters. The van der Waals surface area contributed by atoms with Gasteiger partial charge in [-0.25, -0.2) is 4.39 Å². The van der Waals surface area contributed by atoms with E-state index < -0.39 is 0 Å². The van der Waals surface area contributed by atoms with Crippen molar-refractivity contribution in [3.8, 4) is 17.6 Å². The summed E-state index contributed by atoms with van der Waals surface area (Å²) in [6.07, 6.45) is 0. The molecule has 3 nitrogen and oxygen atoms in total. The SMILES string of the molecule is COc1cc(COc2ccc(F)cc2CBr)ccc1C#N. The summed E-state index contributed by atoms with van der Waals surface area (Å²) in [6.45, 7) is 0.313. The van der Waals surface area contributed by atoms with Crippen LogP contribution in [0.25, 0.3) is 0 Å². The third kappa shape index (κ3) is 3.73. The van der Waals surface area contributed by atoms with E-state index in [1.165, 1.54) is 19.2 Å². The quantitative estimate of drug-likeness (QED) is 0.760. The summed E-state index contributed by atoms with van der Waals surface area (Å²) in [5, 5.41) is 9.45. The van der Waals surface area contributed by atoms with Gasteiger partial charge in [-0.3, -0.25) is 0 Å². The smallest absolute Gasteiger partial charge is 0.137 e. The molecule has 0 bridgehead atoms. The van der Waals surface area contributed by atoms with Crippen molar-refractivity contribution in [1.82, 2.24) is 0 Å². The molecule has 0 N–H and O–H groups in total. The average Bonchev–Trinajstić information content (AvgIpc) is 2.53. The Hall–Kier alpha value is -2.06. The second-order valence-electron chi connectivity index (χ2n) is 4.32. The van der Waals surface area contributed by atoms with Gasteiger partial charge in [0.05, 0.1) is 12.7 Å². The first kappa shape index (κ1) is 15.3. The first-order valence-electron chi connectivity index (χ1n) is 6.22. The van der Waals surface area contributed by atoms with Gasteiger partial charge >= 0.3 is 0 Å². The van der Waals surface area contributed by atoms with Gasteiger partial charge < -0.3 is 9.47 Å². The van der Waals surface area contributed by atoms with E-state index in [-0.39, 0.29) is 5.82 Å². The summed E-state index contributed by atoms with van der Waals surface area (Å²) in [5.74, 6) is 0.840. The van der Waals surface area contributed by atoms with Gasteiger partial charge in [0.1, 0.15) is 30.0 Å². The first-order valence-corrected chi connectivity index (χ1v) is 7.34. The van der Waals surface area contributed by atoms with Crippen molar-refractivity contribution < 1.29 is 13.9 Å². The molecule has 0 saturated heterocycles. The van der Waals surface area contributed by atoms with Crippen molar-refractivity contribution in [1.29, 1.82) is 5.26 Å². The van der Waals surface area contributed by atoms with Crippen LogP contribution >= 0.6 is 15.9 Å².